The Labute approximate surface area is 116 Å². The van der Waals surface area contributed by atoms with Gasteiger partial charge in [0, 0.05) is 6.04 Å². The molecule has 1 amide bonds. The average molecular weight is 259 g/mol. The lowest BCUT2D eigenvalue weighted by Gasteiger charge is -2.16. The van der Waals surface area contributed by atoms with Crippen molar-refractivity contribution in [1.29, 1.82) is 0 Å². The smallest absolute Gasteiger partial charge is 0.224 e. The molecule has 1 aliphatic rings. The van der Waals surface area contributed by atoms with Crippen LogP contribution in [-0.4, -0.2) is 11.9 Å². The minimum absolute atomic E-state index is 0.176. The second kappa shape index (κ2) is 6.74. The molecule has 0 bridgehead atoms. The molecule has 0 unspecified atom stereocenters. The van der Waals surface area contributed by atoms with Crippen molar-refractivity contribution in [2.75, 3.05) is 0 Å². The van der Waals surface area contributed by atoms with E-state index in [9.17, 15) is 4.79 Å². The van der Waals surface area contributed by atoms with E-state index in [1.165, 1.54) is 36.8 Å². The topological polar surface area (TPSA) is 29.1 Å². The van der Waals surface area contributed by atoms with Crippen LogP contribution < -0.4 is 5.32 Å². The molecule has 1 N–H and O–H groups in total. The lowest BCUT2D eigenvalue weighted by atomic mass is 10.0. The van der Waals surface area contributed by atoms with Crippen molar-refractivity contribution in [2.24, 2.45) is 0 Å². The number of amides is 1. The molecule has 0 spiro atoms. The van der Waals surface area contributed by atoms with Gasteiger partial charge < -0.3 is 5.32 Å². The van der Waals surface area contributed by atoms with E-state index in [0.29, 0.717) is 12.5 Å². The van der Waals surface area contributed by atoms with Crippen LogP contribution in [0.1, 0.15) is 55.2 Å². The first kappa shape index (κ1) is 14.1. The molecule has 19 heavy (non-hydrogen) atoms. The van der Waals surface area contributed by atoms with Gasteiger partial charge in [-0.2, -0.15) is 0 Å². The normalized spacial score (nSPS) is 16.9. The van der Waals surface area contributed by atoms with Crippen LogP contribution in [0.25, 0.3) is 0 Å². The summed E-state index contributed by atoms with van der Waals surface area (Å²) in [7, 11) is 0. The SMILES string of the molecule is Cc1ccc(CC(=O)NC2CCCCCC2)cc1C. The largest absolute Gasteiger partial charge is 0.353 e. The molecule has 1 fully saturated rings. The standard InChI is InChI=1S/C17H25NO/c1-13-9-10-15(11-14(13)2)12-17(19)18-16-7-5-3-4-6-8-16/h9-11,16H,3-8,12H2,1-2H3,(H,18,19). The molecule has 104 valence electrons. The summed E-state index contributed by atoms with van der Waals surface area (Å²) in [6, 6.07) is 6.70. The van der Waals surface area contributed by atoms with Crippen molar-refractivity contribution >= 4 is 5.91 Å². The predicted molar refractivity (Wildman–Crippen MR) is 79.3 cm³/mol. The summed E-state index contributed by atoms with van der Waals surface area (Å²) in [5, 5.41) is 3.20. The zero-order valence-corrected chi connectivity index (χ0v) is 12.2. The molecular formula is C17H25NO. The highest BCUT2D eigenvalue weighted by atomic mass is 16.1. The number of carbonyl (C=O) groups is 1. The number of rotatable bonds is 3. The van der Waals surface area contributed by atoms with Crippen molar-refractivity contribution in [3.05, 3.63) is 34.9 Å². The van der Waals surface area contributed by atoms with E-state index in [1.807, 2.05) is 0 Å². The Morgan fingerprint density at radius 2 is 1.79 bits per heavy atom. The fraction of sp³-hybridized carbons (Fsp3) is 0.588. The predicted octanol–water partition coefficient (Wildman–Crippen LogP) is 3.68. The first-order chi connectivity index (χ1) is 9.15. The molecule has 0 atom stereocenters. The first-order valence-electron chi connectivity index (χ1n) is 7.50. The molecule has 0 heterocycles. The Kier molecular flexibility index (Phi) is 5.00. The van der Waals surface area contributed by atoms with Crippen molar-refractivity contribution in [3.63, 3.8) is 0 Å². The van der Waals surface area contributed by atoms with Gasteiger partial charge in [0.25, 0.3) is 0 Å². The summed E-state index contributed by atoms with van der Waals surface area (Å²) >= 11 is 0. The van der Waals surface area contributed by atoms with Gasteiger partial charge in [0.1, 0.15) is 0 Å². The molecule has 0 radical (unpaired) electrons. The van der Waals surface area contributed by atoms with Gasteiger partial charge in [0.05, 0.1) is 6.42 Å². The minimum atomic E-state index is 0.176. The van der Waals surface area contributed by atoms with Crippen LogP contribution in [0.5, 0.6) is 0 Å². The van der Waals surface area contributed by atoms with Crippen LogP contribution in [0.3, 0.4) is 0 Å². The Balaban J connectivity index is 1.87. The van der Waals surface area contributed by atoms with Gasteiger partial charge in [-0.3, -0.25) is 4.79 Å². The second-order valence-corrected chi connectivity index (χ2v) is 5.85. The summed E-state index contributed by atoms with van der Waals surface area (Å²) < 4.78 is 0. The average Bonchev–Trinajstić information content (AvgIpc) is 2.62. The lowest BCUT2D eigenvalue weighted by Crippen LogP contribution is -2.35. The molecule has 0 aliphatic heterocycles. The number of carbonyl (C=O) groups excluding carboxylic acids is 1. The molecule has 2 nitrogen and oxygen atoms in total. The molecule has 1 aromatic carbocycles. The molecule has 2 heteroatoms. The summed E-state index contributed by atoms with van der Waals surface area (Å²) in [4.78, 5) is 12.1. The molecular weight excluding hydrogens is 234 g/mol. The number of aryl methyl sites for hydroxylation is 2. The number of nitrogens with one attached hydrogen (secondary N) is 1. The third-order valence-electron chi connectivity index (χ3n) is 4.16. The van der Waals surface area contributed by atoms with E-state index in [2.05, 4.69) is 37.4 Å². The van der Waals surface area contributed by atoms with Crippen molar-refractivity contribution in [2.45, 2.75) is 64.8 Å². The van der Waals surface area contributed by atoms with E-state index >= 15 is 0 Å². The van der Waals surface area contributed by atoms with E-state index in [-0.39, 0.29) is 5.91 Å². The van der Waals surface area contributed by atoms with Crippen LogP contribution in [0.2, 0.25) is 0 Å². The maximum absolute atomic E-state index is 12.1. The van der Waals surface area contributed by atoms with Crippen molar-refractivity contribution < 1.29 is 4.79 Å². The minimum Gasteiger partial charge on any atom is -0.353 e. The van der Waals surface area contributed by atoms with Crippen LogP contribution in [0, 0.1) is 13.8 Å². The summed E-state index contributed by atoms with van der Waals surface area (Å²) in [6.45, 7) is 4.20. The Hall–Kier alpha value is -1.31. The van der Waals surface area contributed by atoms with Gasteiger partial charge in [-0.05, 0) is 43.4 Å². The molecule has 0 saturated heterocycles. The Morgan fingerprint density at radius 3 is 2.42 bits per heavy atom. The van der Waals surface area contributed by atoms with Crippen molar-refractivity contribution in [1.82, 2.24) is 5.32 Å². The van der Waals surface area contributed by atoms with Gasteiger partial charge in [-0.1, -0.05) is 43.9 Å². The van der Waals surface area contributed by atoms with E-state index < -0.39 is 0 Å². The molecule has 0 aromatic heterocycles. The molecule has 2 rings (SSSR count). The van der Waals surface area contributed by atoms with Crippen molar-refractivity contribution in [3.8, 4) is 0 Å². The van der Waals surface area contributed by atoms with Gasteiger partial charge >= 0.3 is 0 Å². The monoisotopic (exact) mass is 259 g/mol. The number of benzene rings is 1. The summed E-state index contributed by atoms with van der Waals surface area (Å²) in [5.41, 5.74) is 3.67. The maximum Gasteiger partial charge on any atom is 0.224 e. The third-order valence-corrected chi connectivity index (χ3v) is 4.16. The number of hydrogen-bond donors (Lipinski definition) is 1. The fourth-order valence-corrected chi connectivity index (χ4v) is 2.80. The van der Waals surface area contributed by atoms with E-state index in [0.717, 1.165) is 18.4 Å². The van der Waals surface area contributed by atoms with Gasteiger partial charge in [-0.25, -0.2) is 0 Å². The quantitative estimate of drug-likeness (QED) is 0.824. The van der Waals surface area contributed by atoms with Crippen LogP contribution in [-0.2, 0) is 11.2 Å². The Morgan fingerprint density at radius 1 is 1.11 bits per heavy atom. The highest BCUT2D eigenvalue weighted by Crippen LogP contribution is 2.17. The Bertz CT molecular complexity index is 431. The first-order valence-corrected chi connectivity index (χ1v) is 7.50. The molecule has 1 saturated carbocycles. The fourth-order valence-electron chi connectivity index (χ4n) is 2.80. The van der Waals surface area contributed by atoms with Crippen LogP contribution in [0.4, 0.5) is 0 Å². The van der Waals surface area contributed by atoms with Crippen LogP contribution in [0.15, 0.2) is 18.2 Å². The maximum atomic E-state index is 12.1. The second-order valence-electron chi connectivity index (χ2n) is 5.85. The van der Waals surface area contributed by atoms with Crippen LogP contribution >= 0.6 is 0 Å². The van der Waals surface area contributed by atoms with Gasteiger partial charge in [-0.15, -0.1) is 0 Å². The van der Waals surface area contributed by atoms with E-state index in [4.69, 9.17) is 0 Å². The highest BCUT2D eigenvalue weighted by Gasteiger charge is 2.14. The van der Waals surface area contributed by atoms with Gasteiger partial charge in [0.15, 0.2) is 0 Å². The zero-order valence-electron chi connectivity index (χ0n) is 12.2. The number of hydrogen-bond acceptors (Lipinski definition) is 1. The summed E-state index contributed by atoms with van der Waals surface area (Å²) in [5.74, 6) is 0.176. The lowest BCUT2D eigenvalue weighted by molar-refractivity contribution is -0.121. The van der Waals surface area contributed by atoms with Gasteiger partial charge in [0.2, 0.25) is 5.91 Å². The summed E-state index contributed by atoms with van der Waals surface area (Å²) in [6.07, 6.45) is 7.98. The van der Waals surface area contributed by atoms with E-state index in [1.54, 1.807) is 0 Å². The molecule has 1 aliphatic carbocycles. The molecule has 1 aromatic rings. The highest BCUT2D eigenvalue weighted by molar-refractivity contribution is 5.78. The third kappa shape index (κ3) is 4.38. The zero-order chi connectivity index (χ0) is 13.7.